The predicted molar refractivity (Wildman–Crippen MR) is 119 cm³/mol. The Morgan fingerprint density at radius 3 is 1.68 bits per heavy atom. The maximum atomic E-state index is 8.64. The second kappa shape index (κ2) is 12.1. The molecule has 0 amide bonds. The van der Waals surface area contributed by atoms with Gasteiger partial charge in [-0.3, -0.25) is 0 Å². The van der Waals surface area contributed by atoms with E-state index in [1.54, 1.807) is 0 Å². The van der Waals surface area contributed by atoms with Crippen molar-refractivity contribution in [1.82, 2.24) is 0 Å². The van der Waals surface area contributed by atoms with Gasteiger partial charge in [-0.25, -0.2) is 0 Å². The van der Waals surface area contributed by atoms with Crippen LogP contribution in [0.4, 0.5) is 0 Å². The standard InChI is InChI=1S/C14H16.C11H13N.CH3.Na/c1-10(2)14-9-13-7-5-4-6-12(13)8-11(14)3;1-8(2)11-5-4-10(7-12)6-9(11)3;;/h4-10H,1-3H3;4-6,8H,1-3H3;1H3;/q;;-1;+1. The summed E-state index contributed by atoms with van der Waals surface area (Å²) in [5.41, 5.74) is 6.15. The molecule has 0 heterocycles. The number of rotatable bonds is 2. The zero-order valence-corrected chi connectivity index (χ0v) is 20.8. The molecule has 3 aromatic rings. The number of nitrogens with zero attached hydrogens (tertiary/aromatic N) is 1. The van der Waals surface area contributed by atoms with Crippen LogP contribution < -0.4 is 29.6 Å². The molecule has 0 saturated heterocycles. The van der Waals surface area contributed by atoms with Gasteiger partial charge in [0.25, 0.3) is 0 Å². The summed E-state index contributed by atoms with van der Waals surface area (Å²) in [7, 11) is 0. The molecule has 2 heteroatoms. The maximum Gasteiger partial charge on any atom is 1.00 e. The van der Waals surface area contributed by atoms with E-state index in [0.717, 1.165) is 5.56 Å². The average molecular weight is 382 g/mol. The van der Waals surface area contributed by atoms with Crippen molar-refractivity contribution in [1.29, 1.82) is 5.26 Å². The molecule has 0 aliphatic heterocycles. The van der Waals surface area contributed by atoms with E-state index in [1.807, 2.05) is 18.2 Å². The third kappa shape index (κ3) is 6.78. The second-order valence-corrected chi connectivity index (χ2v) is 7.55. The first-order valence-electron chi connectivity index (χ1n) is 9.33. The Morgan fingerprint density at radius 2 is 1.21 bits per heavy atom. The maximum absolute atomic E-state index is 8.64. The number of benzene rings is 3. The molecule has 0 N–H and O–H groups in total. The molecular formula is C26H32NNa. The van der Waals surface area contributed by atoms with Crippen LogP contribution in [-0.4, -0.2) is 0 Å². The molecule has 0 fully saturated rings. The van der Waals surface area contributed by atoms with Crippen LogP contribution in [-0.2, 0) is 0 Å². The van der Waals surface area contributed by atoms with Gasteiger partial charge in [0, 0.05) is 0 Å². The van der Waals surface area contributed by atoms with Gasteiger partial charge in [-0.1, -0.05) is 70.2 Å². The average Bonchev–Trinajstić information content (AvgIpc) is 2.61. The van der Waals surface area contributed by atoms with Crippen LogP contribution >= 0.6 is 0 Å². The summed E-state index contributed by atoms with van der Waals surface area (Å²) in [6.45, 7) is 13.1. The molecule has 3 aromatic carbocycles. The van der Waals surface area contributed by atoms with E-state index in [4.69, 9.17) is 5.26 Å². The third-order valence-electron chi connectivity index (χ3n) is 4.78. The summed E-state index contributed by atoms with van der Waals surface area (Å²) in [4.78, 5) is 0. The molecule has 1 nitrogen and oxygen atoms in total. The van der Waals surface area contributed by atoms with Crippen molar-refractivity contribution in [2.24, 2.45) is 0 Å². The molecule has 0 unspecified atom stereocenters. The van der Waals surface area contributed by atoms with Crippen molar-refractivity contribution >= 4 is 10.8 Å². The molecular weight excluding hydrogens is 349 g/mol. The summed E-state index contributed by atoms with van der Waals surface area (Å²) in [5, 5.41) is 11.3. The van der Waals surface area contributed by atoms with E-state index in [-0.39, 0.29) is 37.0 Å². The van der Waals surface area contributed by atoms with E-state index < -0.39 is 0 Å². The molecule has 0 bridgehead atoms. The Morgan fingerprint density at radius 1 is 0.714 bits per heavy atom. The molecule has 0 spiro atoms. The van der Waals surface area contributed by atoms with Crippen LogP contribution in [0.3, 0.4) is 0 Å². The van der Waals surface area contributed by atoms with Gasteiger partial charge in [-0.15, -0.1) is 0 Å². The summed E-state index contributed by atoms with van der Waals surface area (Å²) < 4.78 is 0. The number of aryl methyl sites for hydroxylation is 2. The van der Waals surface area contributed by atoms with Gasteiger partial charge in [-0.05, 0) is 70.8 Å². The molecule has 0 aromatic heterocycles. The van der Waals surface area contributed by atoms with Gasteiger partial charge in [0.05, 0.1) is 11.6 Å². The van der Waals surface area contributed by atoms with Gasteiger partial charge >= 0.3 is 29.6 Å². The smallest absolute Gasteiger partial charge is 0.358 e. The van der Waals surface area contributed by atoms with Crippen molar-refractivity contribution in [3.63, 3.8) is 0 Å². The Balaban J connectivity index is 0.000000492. The minimum Gasteiger partial charge on any atom is -0.358 e. The molecule has 0 atom stereocenters. The zero-order valence-electron chi connectivity index (χ0n) is 18.8. The van der Waals surface area contributed by atoms with E-state index in [2.05, 4.69) is 84.0 Å². The molecule has 3 rings (SSSR count). The van der Waals surface area contributed by atoms with Crippen LogP contribution in [0.5, 0.6) is 0 Å². The normalized spacial score (nSPS) is 9.82. The van der Waals surface area contributed by atoms with Gasteiger partial charge in [0.15, 0.2) is 0 Å². The van der Waals surface area contributed by atoms with E-state index in [1.165, 1.54) is 33.0 Å². The first-order valence-corrected chi connectivity index (χ1v) is 9.33. The Bertz CT molecular complexity index is 933. The first-order chi connectivity index (χ1) is 12.3. The van der Waals surface area contributed by atoms with E-state index in [9.17, 15) is 0 Å². The SMILES string of the molecule is Cc1cc(C#N)ccc1C(C)C.Cc1cc2ccccc2cc1C(C)C.[CH3-].[Na+]. The zero-order chi connectivity index (χ0) is 19.3. The Hall–Kier alpha value is -1.59. The van der Waals surface area contributed by atoms with E-state index >= 15 is 0 Å². The fraction of sp³-hybridized carbons (Fsp3) is 0.308. The van der Waals surface area contributed by atoms with Crippen LogP contribution in [0, 0.1) is 32.6 Å². The fourth-order valence-corrected chi connectivity index (χ4v) is 3.39. The molecule has 0 aliphatic rings. The number of fused-ring (bicyclic) bond motifs is 1. The number of hydrogen-bond donors (Lipinski definition) is 0. The van der Waals surface area contributed by atoms with Crippen molar-refractivity contribution < 1.29 is 29.6 Å². The van der Waals surface area contributed by atoms with Gasteiger partial charge in [0.2, 0.25) is 0 Å². The summed E-state index contributed by atoms with van der Waals surface area (Å²) >= 11 is 0. The summed E-state index contributed by atoms with van der Waals surface area (Å²) in [6, 6.07) is 21.1. The molecule has 28 heavy (non-hydrogen) atoms. The van der Waals surface area contributed by atoms with Crippen LogP contribution in [0.2, 0.25) is 0 Å². The molecule has 0 radical (unpaired) electrons. The topological polar surface area (TPSA) is 23.8 Å². The van der Waals surface area contributed by atoms with Gasteiger partial charge in [-0.2, -0.15) is 5.26 Å². The fourth-order valence-electron chi connectivity index (χ4n) is 3.39. The molecule has 0 aliphatic carbocycles. The minimum absolute atomic E-state index is 0. The molecule has 142 valence electrons. The van der Waals surface area contributed by atoms with Crippen LogP contribution in [0.15, 0.2) is 54.6 Å². The largest absolute Gasteiger partial charge is 1.00 e. The Labute approximate surface area is 194 Å². The quantitative estimate of drug-likeness (QED) is 0.466. The van der Waals surface area contributed by atoms with Crippen molar-refractivity contribution in [2.45, 2.75) is 53.4 Å². The van der Waals surface area contributed by atoms with Crippen LogP contribution in [0.25, 0.3) is 10.8 Å². The van der Waals surface area contributed by atoms with Crippen LogP contribution in [0.1, 0.15) is 67.3 Å². The van der Waals surface area contributed by atoms with Gasteiger partial charge in [0.1, 0.15) is 0 Å². The Kier molecular flexibility index (Phi) is 11.4. The van der Waals surface area contributed by atoms with Crippen molar-refractivity contribution in [3.05, 3.63) is 89.8 Å². The number of nitriles is 1. The van der Waals surface area contributed by atoms with Gasteiger partial charge < -0.3 is 7.43 Å². The van der Waals surface area contributed by atoms with E-state index in [0.29, 0.717) is 11.8 Å². The monoisotopic (exact) mass is 381 g/mol. The summed E-state index contributed by atoms with van der Waals surface area (Å²) in [5.74, 6) is 1.15. The summed E-state index contributed by atoms with van der Waals surface area (Å²) in [6.07, 6.45) is 0. The van der Waals surface area contributed by atoms with Crippen molar-refractivity contribution in [2.75, 3.05) is 0 Å². The third-order valence-corrected chi connectivity index (χ3v) is 4.78. The predicted octanol–water partition coefficient (Wildman–Crippen LogP) is 4.72. The molecule has 0 saturated carbocycles. The minimum atomic E-state index is 0. The first kappa shape index (κ1) is 26.4. The second-order valence-electron chi connectivity index (χ2n) is 7.55. The van der Waals surface area contributed by atoms with Crippen molar-refractivity contribution in [3.8, 4) is 6.07 Å². The number of hydrogen-bond acceptors (Lipinski definition) is 1.